The minimum absolute atomic E-state index is 0.136. The maximum Gasteiger partial charge on any atom is 0.0462 e. The number of anilines is 3. The quantitative estimate of drug-likeness (QED) is 0.106. The minimum atomic E-state index is 0.136. The molecule has 1 aliphatic rings. The van der Waals surface area contributed by atoms with E-state index in [1.54, 1.807) is 6.08 Å². The van der Waals surface area contributed by atoms with Crippen molar-refractivity contribution in [3.8, 4) is 33.4 Å². The highest BCUT2D eigenvalue weighted by molar-refractivity contribution is 5.81. The van der Waals surface area contributed by atoms with Gasteiger partial charge in [-0.2, -0.15) is 0 Å². The average molecular weight is 760 g/mol. The molecular formula is C58H49N. The van der Waals surface area contributed by atoms with Gasteiger partial charge in [0.1, 0.15) is 0 Å². The van der Waals surface area contributed by atoms with Crippen LogP contribution in [0, 0.1) is 6.92 Å². The van der Waals surface area contributed by atoms with Crippen molar-refractivity contribution in [2.45, 2.75) is 25.7 Å². The van der Waals surface area contributed by atoms with Gasteiger partial charge in [0.25, 0.3) is 0 Å². The molecule has 0 fully saturated rings. The van der Waals surface area contributed by atoms with Gasteiger partial charge >= 0.3 is 0 Å². The maximum absolute atomic E-state index is 3.75. The van der Waals surface area contributed by atoms with Gasteiger partial charge in [0.05, 0.1) is 0 Å². The monoisotopic (exact) mass is 759 g/mol. The van der Waals surface area contributed by atoms with Gasteiger partial charge in [-0.25, -0.2) is 0 Å². The largest absolute Gasteiger partial charge is 0.311 e. The molecule has 0 radical (unpaired) electrons. The summed E-state index contributed by atoms with van der Waals surface area (Å²) in [5, 5.41) is 0. The molecule has 0 saturated carbocycles. The van der Waals surface area contributed by atoms with E-state index in [1.807, 2.05) is 12.2 Å². The van der Waals surface area contributed by atoms with E-state index in [4.69, 9.17) is 0 Å². The highest BCUT2D eigenvalue weighted by atomic mass is 15.1. The third-order valence-electron chi connectivity index (χ3n) is 11.0. The summed E-state index contributed by atoms with van der Waals surface area (Å²) in [6.45, 7) is 5.91. The molecule has 0 amide bonds. The fraction of sp³-hybridized carbons (Fsp3) is 0.0690. The Morgan fingerprint density at radius 3 is 1.39 bits per heavy atom. The summed E-state index contributed by atoms with van der Waals surface area (Å²) in [5.41, 5.74) is 17.0. The fourth-order valence-corrected chi connectivity index (χ4v) is 7.80. The lowest BCUT2D eigenvalue weighted by Crippen LogP contribution is -2.09. The zero-order chi connectivity index (χ0) is 40.2. The van der Waals surface area contributed by atoms with Crippen LogP contribution in [0.5, 0.6) is 0 Å². The molecule has 0 N–H and O–H groups in total. The van der Waals surface area contributed by atoms with Gasteiger partial charge in [0, 0.05) is 23.0 Å². The zero-order valence-electron chi connectivity index (χ0n) is 33.7. The van der Waals surface area contributed by atoms with Crippen LogP contribution in [-0.2, 0) is 0 Å². The van der Waals surface area contributed by atoms with Gasteiger partial charge in [0.15, 0.2) is 0 Å². The van der Waals surface area contributed by atoms with Crippen molar-refractivity contribution >= 4 is 17.1 Å². The van der Waals surface area contributed by atoms with Crippen molar-refractivity contribution in [2.24, 2.45) is 0 Å². The van der Waals surface area contributed by atoms with Crippen molar-refractivity contribution in [3.63, 3.8) is 0 Å². The highest BCUT2D eigenvalue weighted by Gasteiger charge is 2.19. The standard InChI is InChI=1S/C58H49N/c1-3-4-5-6-9-15-45-16-14-21-52(27-24-45)58(53-25-22-44(2)23-26-53)54-30-28-48(29-31-54)51-36-42-57(43-37-51)59(55-38-32-49(33-39-55)46-17-10-7-11-18-46)56-40-34-50(35-41-56)47-19-12-8-13-20-47/h3-13,16-43,58H,1,14-15H2,2H3/b5-4-,9-6-. The summed E-state index contributed by atoms with van der Waals surface area (Å²) < 4.78 is 0. The van der Waals surface area contributed by atoms with Gasteiger partial charge < -0.3 is 4.90 Å². The first kappa shape index (κ1) is 38.6. The summed E-state index contributed by atoms with van der Waals surface area (Å²) in [6, 6.07) is 66.0. The van der Waals surface area contributed by atoms with Gasteiger partial charge in [-0.15, -0.1) is 0 Å². The lowest BCUT2D eigenvalue weighted by atomic mass is 9.83. The molecule has 0 heterocycles. The molecular weight excluding hydrogens is 711 g/mol. The number of aryl methyl sites for hydroxylation is 1. The van der Waals surface area contributed by atoms with Crippen LogP contribution in [0.25, 0.3) is 33.4 Å². The van der Waals surface area contributed by atoms with E-state index < -0.39 is 0 Å². The van der Waals surface area contributed by atoms with Crippen LogP contribution >= 0.6 is 0 Å². The highest BCUT2D eigenvalue weighted by Crippen LogP contribution is 2.39. The number of allylic oxidation sites excluding steroid dienone is 11. The summed E-state index contributed by atoms with van der Waals surface area (Å²) in [5.74, 6) is 0.136. The smallest absolute Gasteiger partial charge is 0.0462 e. The fourth-order valence-electron chi connectivity index (χ4n) is 7.80. The second-order valence-electron chi connectivity index (χ2n) is 15.0. The number of nitrogens with zero attached hydrogens (tertiary/aromatic N) is 1. The Morgan fingerprint density at radius 2 is 0.915 bits per heavy atom. The van der Waals surface area contributed by atoms with Crippen LogP contribution in [0.2, 0.25) is 0 Å². The SMILES string of the molecule is C=C/C=C\C=C/CC1=CCC=C(C(c2ccc(C)cc2)c2ccc(-c3ccc(N(c4ccc(-c5ccccc5)cc4)c4ccc(-c5ccccc5)cc4)cc3)cc2)C=C1. The topological polar surface area (TPSA) is 3.24 Å². The molecule has 1 atom stereocenters. The van der Waals surface area contributed by atoms with Crippen LogP contribution in [0.4, 0.5) is 17.1 Å². The Labute approximate surface area is 350 Å². The molecule has 0 spiro atoms. The molecule has 0 saturated heterocycles. The van der Waals surface area contributed by atoms with Gasteiger partial charge in [-0.05, 0) is 112 Å². The van der Waals surface area contributed by atoms with Crippen LogP contribution < -0.4 is 4.90 Å². The molecule has 0 aromatic heterocycles. The molecule has 7 aromatic carbocycles. The number of benzene rings is 7. The van der Waals surface area contributed by atoms with E-state index in [9.17, 15) is 0 Å². The Hall–Kier alpha value is -7.22. The first-order valence-electron chi connectivity index (χ1n) is 20.5. The van der Waals surface area contributed by atoms with Crippen molar-refractivity contribution in [2.75, 3.05) is 4.90 Å². The van der Waals surface area contributed by atoms with Crippen LogP contribution in [0.1, 0.15) is 35.4 Å². The molecule has 286 valence electrons. The van der Waals surface area contributed by atoms with E-state index in [1.165, 1.54) is 61.2 Å². The molecule has 59 heavy (non-hydrogen) atoms. The van der Waals surface area contributed by atoms with E-state index >= 15 is 0 Å². The lowest BCUT2D eigenvalue weighted by molar-refractivity contribution is 0.968. The lowest BCUT2D eigenvalue weighted by Gasteiger charge is -2.26. The summed E-state index contributed by atoms with van der Waals surface area (Å²) >= 11 is 0. The molecule has 7 aromatic rings. The normalized spacial score (nSPS) is 13.2. The summed E-state index contributed by atoms with van der Waals surface area (Å²) in [4.78, 5) is 2.34. The molecule has 0 bridgehead atoms. The Kier molecular flexibility index (Phi) is 12.3. The van der Waals surface area contributed by atoms with E-state index in [0.717, 1.165) is 29.9 Å². The predicted molar refractivity (Wildman–Crippen MR) is 253 cm³/mol. The minimum Gasteiger partial charge on any atom is -0.311 e. The molecule has 1 nitrogen and oxygen atoms in total. The Morgan fingerprint density at radius 1 is 0.475 bits per heavy atom. The number of rotatable bonds is 13. The molecule has 8 rings (SSSR count). The van der Waals surface area contributed by atoms with Gasteiger partial charge in [-0.1, -0.05) is 212 Å². The maximum atomic E-state index is 3.75. The average Bonchev–Trinajstić information content (AvgIpc) is 3.54. The zero-order valence-corrected chi connectivity index (χ0v) is 33.7. The Bertz CT molecular complexity index is 2520. The van der Waals surface area contributed by atoms with Crippen LogP contribution in [0.15, 0.2) is 254 Å². The molecule has 1 aliphatic carbocycles. The summed E-state index contributed by atoms with van der Waals surface area (Å²) in [6.07, 6.45) is 21.2. The van der Waals surface area contributed by atoms with Crippen LogP contribution in [-0.4, -0.2) is 0 Å². The van der Waals surface area contributed by atoms with Crippen LogP contribution in [0.3, 0.4) is 0 Å². The van der Waals surface area contributed by atoms with Gasteiger partial charge in [-0.3, -0.25) is 0 Å². The first-order valence-corrected chi connectivity index (χ1v) is 20.5. The third-order valence-corrected chi connectivity index (χ3v) is 11.0. The van der Waals surface area contributed by atoms with Crippen molar-refractivity contribution in [3.05, 3.63) is 271 Å². The number of hydrogen-bond acceptors (Lipinski definition) is 1. The second kappa shape index (κ2) is 18.8. The van der Waals surface area contributed by atoms with E-state index in [-0.39, 0.29) is 5.92 Å². The summed E-state index contributed by atoms with van der Waals surface area (Å²) in [7, 11) is 0. The van der Waals surface area contributed by atoms with Crippen molar-refractivity contribution in [1.82, 2.24) is 0 Å². The third kappa shape index (κ3) is 9.50. The first-order chi connectivity index (χ1) is 29.1. The molecule has 1 heteroatoms. The Balaban J connectivity index is 1.07. The van der Waals surface area contributed by atoms with Crippen molar-refractivity contribution < 1.29 is 0 Å². The van der Waals surface area contributed by atoms with E-state index in [2.05, 4.69) is 237 Å². The molecule has 0 aliphatic heterocycles. The van der Waals surface area contributed by atoms with Gasteiger partial charge in [0.2, 0.25) is 0 Å². The second-order valence-corrected chi connectivity index (χ2v) is 15.0. The predicted octanol–water partition coefficient (Wildman–Crippen LogP) is 16.1. The van der Waals surface area contributed by atoms with E-state index in [0.29, 0.717) is 0 Å². The molecule has 1 unspecified atom stereocenters. The van der Waals surface area contributed by atoms with Crippen molar-refractivity contribution in [1.29, 1.82) is 0 Å². The number of hydrogen-bond donors (Lipinski definition) is 0.